The smallest absolute Gasteiger partial charge is 0.119 e. The molecule has 2 N–H and O–H groups in total. The van der Waals surface area contributed by atoms with Crippen LogP contribution in [0.4, 0.5) is 0 Å². The fourth-order valence-corrected chi connectivity index (χ4v) is 1.28. The van der Waals surface area contributed by atoms with Gasteiger partial charge in [0.25, 0.3) is 0 Å². The molecule has 3 nitrogen and oxygen atoms in total. The molecule has 0 amide bonds. The van der Waals surface area contributed by atoms with Crippen LogP contribution in [-0.4, -0.2) is 24.4 Å². The zero-order valence-corrected chi connectivity index (χ0v) is 10.1. The Balaban J connectivity index is 2.38. The first-order valence-electron chi connectivity index (χ1n) is 5.86. The molecule has 1 atom stereocenters. The molecule has 0 fully saturated rings. The topological polar surface area (TPSA) is 41.5 Å². The van der Waals surface area contributed by atoms with Gasteiger partial charge in [-0.3, -0.25) is 0 Å². The zero-order chi connectivity index (χ0) is 11.8. The Bertz CT molecular complexity index is 284. The number of hydrogen-bond donors (Lipinski definition) is 2. The average Bonchev–Trinajstić information content (AvgIpc) is 2.34. The Morgan fingerprint density at radius 3 is 2.50 bits per heavy atom. The van der Waals surface area contributed by atoms with E-state index in [-0.39, 0.29) is 6.10 Å². The van der Waals surface area contributed by atoms with Gasteiger partial charge in [-0.05, 0) is 30.7 Å². The van der Waals surface area contributed by atoms with Gasteiger partial charge in [-0.1, -0.05) is 26.0 Å². The van der Waals surface area contributed by atoms with Gasteiger partial charge in [0.2, 0.25) is 0 Å². The highest BCUT2D eigenvalue weighted by molar-refractivity contribution is 5.27. The molecule has 0 saturated carbocycles. The Labute approximate surface area is 97.4 Å². The van der Waals surface area contributed by atoms with E-state index < -0.39 is 0 Å². The predicted octanol–water partition coefficient (Wildman–Crippen LogP) is 1.95. The summed E-state index contributed by atoms with van der Waals surface area (Å²) in [6.45, 7) is 6.25. The quantitative estimate of drug-likeness (QED) is 0.742. The first-order chi connectivity index (χ1) is 7.76. The summed E-state index contributed by atoms with van der Waals surface area (Å²) < 4.78 is 5.45. The highest BCUT2D eigenvalue weighted by Crippen LogP contribution is 2.12. The summed E-state index contributed by atoms with van der Waals surface area (Å²) >= 11 is 0. The van der Waals surface area contributed by atoms with Crippen molar-refractivity contribution in [2.45, 2.75) is 32.9 Å². The molecule has 0 spiro atoms. The molecule has 1 aromatic rings. The van der Waals surface area contributed by atoms with Crippen molar-refractivity contribution in [1.29, 1.82) is 0 Å². The number of aliphatic hydroxyl groups is 1. The molecule has 0 aromatic heterocycles. The van der Waals surface area contributed by atoms with E-state index in [0.717, 1.165) is 25.3 Å². The molecule has 0 aliphatic carbocycles. The lowest BCUT2D eigenvalue weighted by Crippen LogP contribution is -2.16. The minimum Gasteiger partial charge on any atom is -0.491 e. The molecule has 1 unspecified atom stereocenters. The number of benzene rings is 1. The molecule has 1 aromatic carbocycles. The first-order valence-corrected chi connectivity index (χ1v) is 5.86. The minimum absolute atomic E-state index is 0.364. The number of nitrogens with one attached hydrogen (secondary N) is 1. The second-order valence-corrected chi connectivity index (χ2v) is 3.80. The van der Waals surface area contributed by atoms with Crippen molar-refractivity contribution >= 4 is 0 Å². The maximum atomic E-state index is 9.35. The summed E-state index contributed by atoms with van der Waals surface area (Å²) in [5, 5.41) is 12.6. The molecule has 0 aliphatic heterocycles. The Morgan fingerprint density at radius 1 is 1.25 bits per heavy atom. The molecular weight excluding hydrogens is 202 g/mol. The summed E-state index contributed by atoms with van der Waals surface area (Å²) in [5.74, 6) is 0.813. The van der Waals surface area contributed by atoms with Crippen molar-refractivity contribution in [3.05, 3.63) is 29.8 Å². The van der Waals surface area contributed by atoms with Crippen LogP contribution in [0.1, 0.15) is 25.8 Å². The third kappa shape index (κ3) is 4.64. The fraction of sp³-hybridized carbons (Fsp3) is 0.538. The summed E-state index contributed by atoms with van der Waals surface area (Å²) in [7, 11) is 0. The number of ether oxygens (including phenoxy) is 1. The van der Waals surface area contributed by atoms with Gasteiger partial charge in [-0.15, -0.1) is 0 Å². The van der Waals surface area contributed by atoms with Crippen LogP contribution in [0.2, 0.25) is 0 Å². The summed E-state index contributed by atoms with van der Waals surface area (Å²) in [6, 6.07) is 7.96. The maximum Gasteiger partial charge on any atom is 0.119 e. The van der Waals surface area contributed by atoms with Crippen molar-refractivity contribution in [1.82, 2.24) is 5.32 Å². The van der Waals surface area contributed by atoms with E-state index in [1.807, 2.05) is 31.2 Å². The summed E-state index contributed by atoms with van der Waals surface area (Å²) in [5.41, 5.74) is 1.24. The number of aliphatic hydroxyl groups excluding tert-OH is 1. The van der Waals surface area contributed by atoms with Gasteiger partial charge in [0.1, 0.15) is 12.4 Å². The first kappa shape index (κ1) is 13.0. The zero-order valence-electron chi connectivity index (χ0n) is 10.1. The molecule has 0 heterocycles. The summed E-state index contributed by atoms with van der Waals surface area (Å²) in [6.07, 6.45) is 0.347. The van der Waals surface area contributed by atoms with Crippen LogP contribution in [0.15, 0.2) is 24.3 Å². The van der Waals surface area contributed by atoms with Crippen molar-refractivity contribution in [2.24, 2.45) is 0 Å². The molecule has 16 heavy (non-hydrogen) atoms. The van der Waals surface area contributed by atoms with E-state index in [9.17, 15) is 5.11 Å². The van der Waals surface area contributed by atoms with E-state index >= 15 is 0 Å². The van der Waals surface area contributed by atoms with Crippen molar-refractivity contribution in [2.75, 3.05) is 13.2 Å². The van der Waals surface area contributed by atoms with Crippen LogP contribution >= 0.6 is 0 Å². The van der Waals surface area contributed by atoms with E-state index in [0.29, 0.717) is 6.61 Å². The van der Waals surface area contributed by atoms with Gasteiger partial charge in [0.15, 0.2) is 0 Å². The van der Waals surface area contributed by atoms with Gasteiger partial charge in [0.05, 0.1) is 6.10 Å². The van der Waals surface area contributed by atoms with Gasteiger partial charge >= 0.3 is 0 Å². The third-order valence-corrected chi connectivity index (χ3v) is 2.42. The van der Waals surface area contributed by atoms with Gasteiger partial charge in [-0.2, -0.15) is 0 Å². The molecule has 0 bridgehead atoms. The maximum absolute atomic E-state index is 9.35. The van der Waals surface area contributed by atoms with Crippen LogP contribution in [0.3, 0.4) is 0 Å². The van der Waals surface area contributed by atoms with E-state index in [2.05, 4.69) is 12.2 Å². The third-order valence-electron chi connectivity index (χ3n) is 2.42. The lowest BCUT2D eigenvalue weighted by atomic mass is 10.2. The molecule has 1 rings (SSSR count). The van der Waals surface area contributed by atoms with Crippen LogP contribution in [0, 0.1) is 0 Å². The Morgan fingerprint density at radius 2 is 1.94 bits per heavy atom. The highest BCUT2D eigenvalue weighted by atomic mass is 16.5. The van der Waals surface area contributed by atoms with Crippen LogP contribution < -0.4 is 10.1 Å². The Hall–Kier alpha value is -1.06. The number of hydrogen-bond acceptors (Lipinski definition) is 3. The van der Waals surface area contributed by atoms with Gasteiger partial charge in [-0.25, -0.2) is 0 Å². The second kappa shape index (κ2) is 7.25. The van der Waals surface area contributed by atoms with Crippen molar-refractivity contribution in [3.8, 4) is 5.75 Å². The van der Waals surface area contributed by atoms with Crippen LogP contribution in [0.25, 0.3) is 0 Å². The van der Waals surface area contributed by atoms with Crippen molar-refractivity contribution in [3.63, 3.8) is 0 Å². The van der Waals surface area contributed by atoms with E-state index in [4.69, 9.17) is 4.74 Å². The molecular formula is C13H21NO2. The summed E-state index contributed by atoms with van der Waals surface area (Å²) in [4.78, 5) is 0. The molecule has 0 saturated heterocycles. The van der Waals surface area contributed by atoms with Crippen LogP contribution in [-0.2, 0) is 6.54 Å². The fourth-order valence-electron chi connectivity index (χ4n) is 1.28. The highest BCUT2D eigenvalue weighted by Gasteiger charge is 2.01. The molecule has 0 radical (unpaired) electrons. The second-order valence-electron chi connectivity index (χ2n) is 3.80. The molecule has 3 heteroatoms. The lowest BCUT2D eigenvalue weighted by molar-refractivity contribution is 0.104. The number of rotatable bonds is 7. The minimum atomic E-state index is -0.374. The van der Waals surface area contributed by atoms with Crippen LogP contribution in [0.5, 0.6) is 5.75 Å². The van der Waals surface area contributed by atoms with E-state index in [1.165, 1.54) is 5.56 Å². The average molecular weight is 223 g/mol. The Kier molecular flexibility index (Phi) is 5.90. The lowest BCUT2D eigenvalue weighted by Gasteiger charge is -2.10. The SMILES string of the molecule is CCNCc1ccc(OCC(O)CC)cc1. The molecule has 0 aliphatic rings. The molecule has 90 valence electrons. The monoisotopic (exact) mass is 223 g/mol. The standard InChI is InChI=1S/C13H21NO2/c1-3-12(15)10-16-13-7-5-11(6-8-13)9-14-4-2/h5-8,12,14-15H,3-4,9-10H2,1-2H3. The van der Waals surface area contributed by atoms with E-state index in [1.54, 1.807) is 0 Å². The normalized spacial score (nSPS) is 12.4. The predicted molar refractivity (Wildman–Crippen MR) is 65.6 cm³/mol. The van der Waals surface area contributed by atoms with Gasteiger partial charge < -0.3 is 15.2 Å². The largest absolute Gasteiger partial charge is 0.491 e. The van der Waals surface area contributed by atoms with Crippen molar-refractivity contribution < 1.29 is 9.84 Å². The van der Waals surface area contributed by atoms with Gasteiger partial charge in [0, 0.05) is 6.54 Å².